The van der Waals surface area contributed by atoms with Gasteiger partial charge in [0, 0.05) is 18.9 Å². The van der Waals surface area contributed by atoms with Crippen LogP contribution in [0.2, 0.25) is 0 Å². The predicted molar refractivity (Wildman–Crippen MR) is 34.7 cm³/mol. The second-order valence-electron chi connectivity index (χ2n) is 1.50. The third-order valence-electron chi connectivity index (χ3n) is 0. The summed E-state index contributed by atoms with van der Waals surface area (Å²) in [6.07, 6.45) is 0. The van der Waals surface area contributed by atoms with Gasteiger partial charge in [-0.1, -0.05) is 0 Å². The van der Waals surface area contributed by atoms with Crippen LogP contribution >= 0.6 is 0 Å². The van der Waals surface area contributed by atoms with Crippen molar-refractivity contribution in [2.45, 2.75) is 20.8 Å². The van der Waals surface area contributed by atoms with Gasteiger partial charge in [-0.25, -0.2) is 0 Å². The van der Waals surface area contributed by atoms with E-state index >= 15 is 0 Å². The van der Waals surface area contributed by atoms with Gasteiger partial charge in [0.05, 0.1) is 0 Å². The van der Waals surface area contributed by atoms with Crippen LogP contribution in [0.5, 0.6) is 0 Å². The molecule has 0 heterocycles. The van der Waals surface area contributed by atoms with Crippen LogP contribution in [0.1, 0.15) is 20.8 Å². The van der Waals surface area contributed by atoms with Crippen LogP contribution in [0.4, 0.5) is 0 Å². The van der Waals surface area contributed by atoms with E-state index < -0.39 is 17.9 Å². The number of carbonyl (C=O) groups is 3. The van der Waals surface area contributed by atoms with E-state index in [4.69, 9.17) is 29.7 Å². The summed E-state index contributed by atoms with van der Waals surface area (Å²) in [7, 11) is 0. The summed E-state index contributed by atoms with van der Waals surface area (Å²) in [5.41, 5.74) is 0. The first-order valence-electron chi connectivity index (χ1n) is 2.74. The van der Waals surface area contributed by atoms with E-state index in [-0.39, 0.29) is 38.2 Å². The Bertz CT molecular complexity index is 115. The van der Waals surface area contributed by atoms with Crippen molar-refractivity contribution < 1.29 is 67.9 Å². The fourth-order valence-electron chi connectivity index (χ4n) is 0. The molecule has 0 aromatic heterocycles. The Balaban J connectivity index is -0.0000000450. The maximum atomic E-state index is 9.00. The molecule has 0 fully saturated rings. The van der Waals surface area contributed by atoms with E-state index in [9.17, 15) is 0 Å². The maximum Gasteiger partial charge on any atom is 2.00 e. The van der Waals surface area contributed by atoms with Gasteiger partial charge in [0.25, 0.3) is 5.97 Å². The molecule has 0 aliphatic rings. The van der Waals surface area contributed by atoms with Gasteiger partial charge in [0.2, 0.25) is 0 Å². The first-order valence-corrected chi connectivity index (χ1v) is 2.74. The second-order valence-corrected chi connectivity index (χ2v) is 1.50. The number of aliphatic carboxylic acids is 3. The molecule has 0 bridgehead atoms. The Morgan fingerprint density at radius 3 is 0.923 bits per heavy atom. The summed E-state index contributed by atoms with van der Waals surface area (Å²) >= 11 is 0. The van der Waals surface area contributed by atoms with Crippen LogP contribution in [-0.2, 0) is 14.4 Å². The molecule has 0 aromatic carbocycles. The van der Waals surface area contributed by atoms with Crippen LogP contribution in [0.15, 0.2) is 0 Å². The van der Waals surface area contributed by atoms with Crippen molar-refractivity contribution in [1.82, 2.24) is 0 Å². The summed E-state index contributed by atoms with van der Waals surface area (Å²) in [6, 6.07) is 0. The van der Waals surface area contributed by atoms with E-state index in [1.165, 1.54) is 0 Å². The van der Waals surface area contributed by atoms with Gasteiger partial charge in [-0.05, 0) is 13.8 Å². The van der Waals surface area contributed by atoms with Gasteiger partial charge < -0.3 is 24.9 Å². The first-order chi connectivity index (χ1) is 5.20. The number of hydrogen-bond acceptors (Lipinski definition) is 5. The molecule has 80 valence electrons. The molecule has 0 spiro atoms. The zero-order valence-electron chi connectivity index (χ0n) is 7.30. The normalized spacial score (nSPS) is 5.77. The zero-order chi connectivity index (χ0) is 10.7. The molecule has 0 radical (unpaired) electrons. The van der Waals surface area contributed by atoms with Crippen LogP contribution in [0.25, 0.3) is 0 Å². The van der Waals surface area contributed by atoms with Crippen LogP contribution in [0.3, 0.4) is 0 Å². The molecule has 0 aliphatic heterocycles. The molecule has 0 saturated carbocycles. The van der Waals surface area contributed by atoms with E-state index in [0.29, 0.717) is 0 Å². The summed E-state index contributed by atoms with van der Waals surface area (Å²) in [5, 5.41) is 25.2. The Morgan fingerprint density at radius 2 is 0.923 bits per heavy atom. The molecule has 0 aliphatic carbocycles. The molecule has 0 unspecified atom stereocenters. The van der Waals surface area contributed by atoms with E-state index in [2.05, 4.69) is 0 Å². The van der Waals surface area contributed by atoms with E-state index in [1.807, 2.05) is 0 Å². The summed E-state index contributed by atoms with van der Waals surface area (Å²) < 4.78 is 0. The molecule has 0 aromatic rings. The molecule has 6 nitrogen and oxygen atoms in total. The minimum atomic E-state index is -1.08. The molecule has 0 rings (SSSR count). The van der Waals surface area contributed by atoms with Crippen molar-refractivity contribution in [1.29, 1.82) is 0 Å². The number of carbonyl (C=O) groups excluding carboxylic acids is 2. The zero-order valence-corrected chi connectivity index (χ0v) is 9.33. The van der Waals surface area contributed by atoms with Crippen molar-refractivity contribution >= 4 is 17.9 Å². The number of hydrogen-bond donors (Lipinski definition) is 1. The summed E-state index contributed by atoms with van der Waals surface area (Å²) in [5.74, 6) is -3.00. The molecule has 0 atom stereocenters. The third kappa shape index (κ3) is 10900. The average Bonchev–Trinajstić information content (AvgIpc) is 1.54. The molecule has 13 heavy (non-hydrogen) atoms. The number of carboxylic acids is 3. The summed E-state index contributed by atoms with van der Waals surface area (Å²) in [6.45, 7) is 3.03. The molecular formula is C6H10DyO6. The van der Waals surface area contributed by atoms with E-state index in [1.54, 1.807) is 0 Å². The molecule has 0 saturated heterocycles. The third-order valence-corrected chi connectivity index (χ3v) is 0. The average molecular weight is 341 g/mol. The van der Waals surface area contributed by atoms with Gasteiger partial charge >= 0.3 is 38.2 Å². The molecule has 7 heteroatoms. The van der Waals surface area contributed by atoms with Crippen LogP contribution in [0, 0.1) is 38.2 Å². The fraction of sp³-hybridized carbons (Fsp3) is 0.500. The number of rotatable bonds is 0. The maximum absolute atomic E-state index is 9.00. The van der Waals surface area contributed by atoms with Crippen molar-refractivity contribution in [3.63, 3.8) is 0 Å². The van der Waals surface area contributed by atoms with Crippen molar-refractivity contribution in [3.8, 4) is 0 Å². The first kappa shape index (κ1) is 23.0. The van der Waals surface area contributed by atoms with Crippen molar-refractivity contribution in [3.05, 3.63) is 0 Å². The minimum Gasteiger partial charge on any atom is -0.550 e. The van der Waals surface area contributed by atoms with Gasteiger partial charge in [0.15, 0.2) is 0 Å². The summed E-state index contributed by atoms with van der Waals surface area (Å²) in [4.78, 5) is 26.8. The van der Waals surface area contributed by atoms with E-state index in [0.717, 1.165) is 20.8 Å². The van der Waals surface area contributed by atoms with Gasteiger partial charge in [-0.15, -0.1) is 0 Å². The Hall–Kier alpha value is -0.317. The molecule has 0 amide bonds. The number of carboxylic acid groups (broad SMARTS) is 3. The Kier molecular flexibility index (Phi) is 31.2. The van der Waals surface area contributed by atoms with Gasteiger partial charge in [-0.3, -0.25) is 4.79 Å². The largest absolute Gasteiger partial charge is 2.00 e. The SMILES string of the molecule is CC(=O)O.CC(=O)[O-].CC(=O)[O-].[Dy+2]. The van der Waals surface area contributed by atoms with Crippen LogP contribution < -0.4 is 10.2 Å². The topological polar surface area (TPSA) is 118 Å². The minimum absolute atomic E-state index is 0. The monoisotopic (exact) mass is 342 g/mol. The predicted octanol–water partition coefficient (Wildman–Crippen LogP) is -2.40. The molecule has 1 N–H and O–H groups in total. The molecular weight excluding hydrogens is 331 g/mol. The van der Waals surface area contributed by atoms with Crippen molar-refractivity contribution in [2.75, 3.05) is 0 Å². The van der Waals surface area contributed by atoms with Gasteiger partial charge in [-0.2, -0.15) is 0 Å². The standard InChI is InChI=1S/3C2H4O2.Dy/c3*1-2(3)4;/h3*1H3,(H,3,4);/q;;;+2/p-2. The quantitative estimate of drug-likeness (QED) is 0.525. The fourth-order valence-corrected chi connectivity index (χ4v) is 0. The van der Waals surface area contributed by atoms with Gasteiger partial charge in [0.1, 0.15) is 0 Å². The smallest absolute Gasteiger partial charge is 0.550 e. The Labute approximate surface area is 106 Å². The second kappa shape index (κ2) is 17.7. The van der Waals surface area contributed by atoms with Crippen molar-refractivity contribution in [2.24, 2.45) is 0 Å². The van der Waals surface area contributed by atoms with Crippen LogP contribution in [-0.4, -0.2) is 23.0 Å². The Morgan fingerprint density at radius 1 is 0.923 bits per heavy atom.